The summed E-state index contributed by atoms with van der Waals surface area (Å²) in [5, 5.41) is 4.96. The second-order valence-corrected chi connectivity index (χ2v) is 15.3. The smallest absolute Gasteiger partial charge is 0.136 e. The Morgan fingerprint density at radius 3 is 2.06 bits per heavy atom. The number of rotatable bonds is 2. The molecule has 4 saturated carbocycles. The highest BCUT2D eigenvalue weighted by Crippen LogP contribution is 2.69. The van der Waals surface area contributed by atoms with Gasteiger partial charge >= 0.3 is 0 Å². The third-order valence-electron chi connectivity index (χ3n) is 13.2. The first-order valence-corrected chi connectivity index (χ1v) is 17.9. The first-order valence-electron chi connectivity index (χ1n) is 17.9. The molecule has 5 aliphatic carbocycles. The van der Waals surface area contributed by atoms with Crippen molar-refractivity contribution < 1.29 is 4.42 Å². The molecule has 4 bridgehead atoms. The van der Waals surface area contributed by atoms with E-state index in [1.807, 2.05) is 0 Å². The first kappa shape index (κ1) is 25.9. The quantitative estimate of drug-likeness (QED) is 0.189. The fraction of sp³-hybridized carbons (Fsp3) is 0.217. The SMILES string of the molecule is c1ccc2c(c1)-c1ccc(-n3c4ccccc4c4ccc(-c5cccc6oc7ccccc7c56)cc43)cc1C21C2CC3CC(C2)CC1C3. The van der Waals surface area contributed by atoms with E-state index >= 15 is 0 Å². The summed E-state index contributed by atoms with van der Waals surface area (Å²) >= 11 is 0. The average molecular weight is 618 g/mol. The summed E-state index contributed by atoms with van der Waals surface area (Å²) in [5.41, 5.74) is 14.5. The number of furan rings is 1. The summed E-state index contributed by atoms with van der Waals surface area (Å²) in [6.07, 6.45) is 7.08. The molecular formula is C46H35NO. The van der Waals surface area contributed by atoms with Crippen LogP contribution in [-0.2, 0) is 5.41 Å². The second kappa shape index (κ2) is 9.08. The summed E-state index contributed by atoms with van der Waals surface area (Å²) in [6.45, 7) is 0. The van der Waals surface area contributed by atoms with Crippen LogP contribution in [0.3, 0.4) is 0 Å². The fourth-order valence-corrected chi connectivity index (χ4v) is 11.7. The van der Waals surface area contributed by atoms with Crippen molar-refractivity contribution in [3.8, 4) is 27.9 Å². The Balaban J connectivity index is 1.11. The molecule has 1 spiro atoms. The number of hydrogen-bond donors (Lipinski definition) is 0. The average Bonchev–Trinajstić information content (AvgIpc) is 3.76. The normalized spacial score (nSPS) is 25.2. The van der Waals surface area contributed by atoms with Crippen LogP contribution in [0.1, 0.15) is 43.2 Å². The molecule has 0 atom stereocenters. The predicted molar refractivity (Wildman–Crippen MR) is 197 cm³/mol. The van der Waals surface area contributed by atoms with Crippen molar-refractivity contribution >= 4 is 43.7 Å². The minimum atomic E-state index is 0.150. The number of nitrogens with zero attached hydrogens (tertiary/aromatic N) is 1. The standard InChI is InChI=1S/C46H35NO/c1-4-12-39-34(8-1)35-19-17-32(26-40(35)46(39)30-21-27-20-28(23-30)24-31(46)22-27)47-41-13-5-2-9-36(41)37-18-16-29(25-42(37)47)33-11-7-15-44-45(33)38-10-3-6-14-43(38)48-44/h1-19,25-28,30-31H,20-24H2. The molecule has 5 aliphatic rings. The second-order valence-electron chi connectivity index (χ2n) is 15.3. The van der Waals surface area contributed by atoms with Crippen LogP contribution in [0.4, 0.5) is 0 Å². The van der Waals surface area contributed by atoms with Gasteiger partial charge in [-0.3, -0.25) is 0 Å². The van der Waals surface area contributed by atoms with E-state index < -0.39 is 0 Å². The zero-order chi connectivity index (χ0) is 31.1. The van der Waals surface area contributed by atoms with Gasteiger partial charge in [-0.2, -0.15) is 0 Å². The van der Waals surface area contributed by atoms with Crippen LogP contribution in [0.25, 0.3) is 71.7 Å². The van der Waals surface area contributed by atoms with Crippen molar-refractivity contribution in [2.75, 3.05) is 0 Å². The molecule has 0 unspecified atom stereocenters. The molecule has 2 heteroatoms. The van der Waals surface area contributed by atoms with Gasteiger partial charge in [-0.15, -0.1) is 0 Å². The van der Waals surface area contributed by atoms with Gasteiger partial charge in [0.15, 0.2) is 0 Å². The van der Waals surface area contributed by atoms with E-state index in [4.69, 9.17) is 4.42 Å². The van der Waals surface area contributed by atoms with Crippen molar-refractivity contribution in [3.63, 3.8) is 0 Å². The fourth-order valence-electron chi connectivity index (χ4n) is 11.7. The van der Waals surface area contributed by atoms with Crippen molar-refractivity contribution in [2.24, 2.45) is 23.7 Å². The molecule has 2 heterocycles. The minimum Gasteiger partial charge on any atom is -0.456 e. The number of benzene rings is 6. The molecule has 2 nitrogen and oxygen atoms in total. The first-order chi connectivity index (χ1) is 23.8. The van der Waals surface area contributed by atoms with Gasteiger partial charge in [-0.25, -0.2) is 0 Å². The Hall–Kier alpha value is -5.08. The van der Waals surface area contributed by atoms with Gasteiger partial charge in [0.1, 0.15) is 11.2 Å². The van der Waals surface area contributed by atoms with Gasteiger partial charge < -0.3 is 8.98 Å². The molecule has 230 valence electrons. The minimum absolute atomic E-state index is 0.150. The number of aromatic nitrogens is 1. The lowest BCUT2D eigenvalue weighted by atomic mass is 9.43. The van der Waals surface area contributed by atoms with Crippen molar-refractivity contribution in [2.45, 2.75) is 37.5 Å². The lowest BCUT2D eigenvalue weighted by Crippen LogP contribution is -2.55. The van der Waals surface area contributed by atoms with Gasteiger partial charge in [0.2, 0.25) is 0 Å². The molecule has 0 amide bonds. The third-order valence-corrected chi connectivity index (χ3v) is 13.2. The molecule has 2 aromatic heterocycles. The Labute approximate surface area is 279 Å². The predicted octanol–water partition coefficient (Wildman–Crippen LogP) is 12.1. The topological polar surface area (TPSA) is 18.1 Å². The Morgan fingerprint density at radius 2 is 1.19 bits per heavy atom. The number of hydrogen-bond acceptors (Lipinski definition) is 1. The number of para-hydroxylation sites is 2. The summed E-state index contributed by atoms with van der Waals surface area (Å²) in [4.78, 5) is 0. The van der Waals surface area contributed by atoms with Crippen LogP contribution in [0.15, 0.2) is 132 Å². The molecule has 13 rings (SSSR count). The maximum atomic E-state index is 6.30. The monoisotopic (exact) mass is 617 g/mol. The van der Waals surface area contributed by atoms with E-state index in [0.717, 1.165) is 34.8 Å². The molecule has 48 heavy (non-hydrogen) atoms. The zero-order valence-electron chi connectivity index (χ0n) is 26.8. The molecule has 0 saturated heterocycles. The molecule has 8 aromatic rings. The molecule has 0 aliphatic heterocycles. The zero-order valence-corrected chi connectivity index (χ0v) is 26.8. The van der Waals surface area contributed by atoms with Crippen LogP contribution in [0, 0.1) is 23.7 Å². The Kier molecular flexibility index (Phi) is 4.91. The van der Waals surface area contributed by atoms with Crippen molar-refractivity contribution in [1.29, 1.82) is 0 Å². The Morgan fingerprint density at radius 1 is 0.500 bits per heavy atom. The largest absolute Gasteiger partial charge is 0.456 e. The van der Waals surface area contributed by atoms with E-state index in [1.54, 1.807) is 11.1 Å². The maximum absolute atomic E-state index is 6.30. The van der Waals surface area contributed by atoms with Gasteiger partial charge in [0, 0.05) is 32.6 Å². The van der Waals surface area contributed by atoms with Crippen LogP contribution in [-0.4, -0.2) is 4.57 Å². The van der Waals surface area contributed by atoms with Crippen LogP contribution >= 0.6 is 0 Å². The number of fused-ring (bicyclic) bond motifs is 9. The van der Waals surface area contributed by atoms with Crippen LogP contribution < -0.4 is 0 Å². The van der Waals surface area contributed by atoms with Gasteiger partial charge in [-0.05, 0) is 126 Å². The highest BCUT2D eigenvalue weighted by atomic mass is 16.3. The molecule has 6 aromatic carbocycles. The van der Waals surface area contributed by atoms with Gasteiger partial charge in [0.05, 0.1) is 11.0 Å². The van der Waals surface area contributed by atoms with E-state index in [-0.39, 0.29) is 5.41 Å². The highest BCUT2D eigenvalue weighted by molar-refractivity contribution is 6.14. The summed E-state index contributed by atoms with van der Waals surface area (Å²) in [6, 6.07) is 47.9. The van der Waals surface area contributed by atoms with Crippen molar-refractivity contribution in [3.05, 3.63) is 139 Å². The lowest BCUT2D eigenvalue weighted by Gasteiger charge is -2.61. The highest BCUT2D eigenvalue weighted by Gasteiger charge is 2.61. The van der Waals surface area contributed by atoms with E-state index in [1.165, 1.54) is 92.6 Å². The van der Waals surface area contributed by atoms with Crippen LogP contribution in [0.5, 0.6) is 0 Å². The lowest BCUT2D eigenvalue weighted by molar-refractivity contribution is -0.0399. The maximum Gasteiger partial charge on any atom is 0.136 e. The third kappa shape index (κ3) is 3.15. The summed E-state index contributed by atoms with van der Waals surface area (Å²) in [7, 11) is 0. The van der Waals surface area contributed by atoms with Gasteiger partial charge in [-0.1, -0.05) is 91.0 Å². The van der Waals surface area contributed by atoms with E-state index in [0.29, 0.717) is 0 Å². The van der Waals surface area contributed by atoms with E-state index in [9.17, 15) is 0 Å². The van der Waals surface area contributed by atoms with Crippen molar-refractivity contribution in [1.82, 2.24) is 4.57 Å². The molecular weight excluding hydrogens is 583 g/mol. The summed E-state index contributed by atoms with van der Waals surface area (Å²) < 4.78 is 8.85. The molecule has 0 N–H and O–H groups in total. The van der Waals surface area contributed by atoms with Crippen LogP contribution in [0.2, 0.25) is 0 Å². The summed E-state index contributed by atoms with van der Waals surface area (Å²) in [5.74, 6) is 3.37. The molecule has 4 fully saturated rings. The Bertz CT molecular complexity index is 2620. The van der Waals surface area contributed by atoms with E-state index in [2.05, 4.69) is 132 Å². The molecule has 0 radical (unpaired) electrons. The van der Waals surface area contributed by atoms with Gasteiger partial charge in [0.25, 0.3) is 0 Å².